The van der Waals surface area contributed by atoms with Crippen LogP contribution in [0.15, 0.2) is 66.7 Å². The molecular weight excluding hydrogens is 470 g/mol. The first-order valence-electron chi connectivity index (χ1n) is 9.93. The molecule has 1 fully saturated rings. The molecular formula is C24H21Cl2O5P. The Bertz CT molecular complexity index is 1180. The number of halogens is 2. The Balaban J connectivity index is 1.44. The number of carbonyl (C=O) groups is 1. The molecule has 0 amide bonds. The van der Waals surface area contributed by atoms with Crippen molar-refractivity contribution in [2.75, 3.05) is 13.2 Å². The van der Waals surface area contributed by atoms with E-state index in [0.29, 0.717) is 51.2 Å². The molecule has 0 radical (unpaired) electrons. The first-order chi connectivity index (χ1) is 15.2. The fraction of sp³-hybridized carbons (Fsp3) is 0.208. The third kappa shape index (κ3) is 5.09. The van der Waals surface area contributed by atoms with Crippen LogP contribution in [0.3, 0.4) is 0 Å². The van der Waals surface area contributed by atoms with Gasteiger partial charge in [-0.25, -0.2) is 0 Å². The van der Waals surface area contributed by atoms with Gasteiger partial charge in [0.2, 0.25) is 0 Å². The zero-order chi connectivity index (χ0) is 22.9. The monoisotopic (exact) mass is 490 g/mol. The van der Waals surface area contributed by atoms with Crippen LogP contribution in [0, 0.1) is 5.41 Å². The van der Waals surface area contributed by atoms with E-state index in [-0.39, 0.29) is 11.2 Å². The molecule has 5 nitrogen and oxygen atoms in total. The Morgan fingerprint density at radius 1 is 0.906 bits per heavy atom. The van der Waals surface area contributed by atoms with Gasteiger partial charge >= 0.3 is 7.60 Å². The van der Waals surface area contributed by atoms with Gasteiger partial charge in [0.05, 0.1) is 23.5 Å². The maximum atomic E-state index is 12.9. The van der Waals surface area contributed by atoms with Gasteiger partial charge in [0, 0.05) is 21.6 Å². The van der Waals surface area contributed by atoms with Gasteiger partial charge in [0.25, 0.3) is 0 Å². The Morgan fingerprint density at radius 2 is 1.47 bits per heavy atom. The van der Waals surface area contributed by atoms with Crippen LogP contribution in [0.2, 0.25) is 10.0 Å². The van der Waals surface area contributed by atoms with Crippen molar-refractivity contribution < 1.29 is 23.1 Å². The fourth-order valence-electron chi connectivity index (χ4n) is 3.08. The lowest BCUT2D eigenvalue weighted by Gasteiger charge is -2.34. The molecule has 32 heavy (non-hydrogen) atoms. The maximum absolute atomic E-state index is 12.9. The number of ether oxygens (including phenoxy) is 1. The molecule has 1 saturated heterocycles. The van der Waals surface area contributed by atoms with Crippen molar-refractivity contribution in [2.45, 2.75) is 13.8 Å². The second-order valence-corrected chi connectivity index (χ2v) is 11.2. The average Bonchev–Trinajstić information content (AvgIpc) is 2.78. The molecule has 0 aliphatic carbocycles. The minimum absolute atomic E-state index is 0.164. The highest BCUT2D eigenvalue weighted by molar-refractivity contribution is 7.62. The van der Waals surface area contributed by atoms with Gasteiger partial charge in [-0.1, -0.05) is 37.0 Å². The van der Waals surface area contributed by atoms with E-state index in [0.717, 1.165) is 0 Å². The minimum Gasteiger partial charge on any atom is -0.457 e. The van der Waals surface area contributed by atoms with E-state index in [9.17, 15) is 9.36 Å². The molecule has 3 aromatic carbocycles. The Hall–Kier alpha value is -2.14. The summed E-state index contributed by atoms with van der Waals surface area (Å²) in [6.07, 6.45) is 0. The van der Waals surface area contributed by atoms with Gasteiger partial charge in [-0.15, -0.1) is 0 Å². The van der Waals surface area contributed by atoms with Gasteiger partial charge in [-0.2, -0.15) is 0 Å². The van der Waals surface area contributed by atoms with Crippen molar-refractivity contribution in [1.82, 2.24) is 0 Å². The van der Waals surface area contributed by atoms with Crippen LogP contribution in [-0.2, 0) is 13.6 Å². The van der Waals surface area contributed by atoms with Crippen LogP contribution in [0.4, 0.5) is 0 Å². The van der Waals surface area contributed by atoms with E-state index >= 15 is 0 Å². The first-order valence-corrected chi connectivity index (χ1v) is 12.2. The van der Waals surface area contributed by atoms with Gasteiger partial charge < -0.3 is 13.8 Å². The Labute approximate surface area is 196 Å². The van der Waals surface area contributed by atoms with Crippen molar-refractivity contribution in [1.29, 1.82) is 0 Å². The summed E-state index contributed by atoms with van der Waals surface area (Å²) in [5.41, 5.74) is 0.640. The minimum atomic E-state index is -3.32. The molecule has 1 aliphatic rings. The maximum Gasteiger partial charge on any atom is 0.361 e. The third-order valence-electron chi connectivity index (χ3n) is 4.93. The molecule has 4 rings (SSSR count). The lowest BCUT2D eigenvalue weighted by Crippen LogP contribution is -2.31. The highest BCUT2D eigenvalue weighted by Gasteiger charge is 2.37. The standard InChI is InChI=1S/C24H21Cl2O5P/c1-24(2)14-29-32(28,30-15-24)20-10-8-19(9-11-20)31-18-6-3-16(4-7-18)23(27)21-13-17(25)5-12-22(21)26/h3-13H,14-15H2,1-2H3. The summed E-state index contributed by atoms with van der Waals surface area (Å²) in [4.78, 5) is 12.7. The van der Waals surface area contributed by atoms with E-state index in [1.807, 2.05) is 13.8 Å². The third-order valence-corrected chi connectivity index (χ3v) is 7.36. The Kier molecular flexibility index (Phi) is 6.49. The summed E-state index contributed by atoms with van der Waals surface area (Å²) in [5.74, 6) is 0.869. The average molecular weight is 491 g/mol. The zero-order valence-corrected chi connectivity index (χ0v) is 19.9. The van der Waals surface area contributed by atoms with Crippen molar-refractivity contribution in [3.63, 3.8) is 0 Å². The molecule has 8 heteroatoms. The van der Waals surface area contributed by atoms with E-state index in [1.165, 1.54) is 0 Å². The summed E-state index contributed by atoms with van der Waals surface area (Å²) in [6.45, 7) is 4.73. The predicted octanol–water partition coefficient (Wildman–Crippen LogP) is 6.91. The lowest BCUT2D eigenvalue weighted by atomic mass is 9.97. The van der Waals surface area contributed by atoms with E-state index in [1.54, 1.807) is 66.7 Å². The summed E-state index contributed by atoms with van der Waals surface area (Å²) in [6, 6.07) is 18.2. The van der Waals surface area contributed by atoms with Crippen LogP contribution < -0.4 is 10.0 Å². The molecule has 0 bridgehead atoms. The van der Waals surface area contributed by atoms with Crippen molar-refractivity contribution >= 4 is 41.9 Å². The second-order valence-electron chi connectivity index (χ2n) is 8.28. The number of rotatable bonds is 5. The molecule has 0 unspecified atom stereocenters. The summed E-state index contributed by atoms with van der Waals surface area (Å²) >= 11 is 12.1. The molecule has 166 valence electrons. The predicted molar refractivity (Wildman–Crippen MR) is 126 cm³/mol. The quantitative estimate of drug-likeness (QED) is 0.287. The van der Waals surface area contributed by atoms with Crippen LogP contribution >= 0.6 is 30.8 Å². The fourth-order valence-corrected chi connectivity index (χ4v) is 5.38. The van der Waals surface area contributed by atoms with Crippen LogP contribution in [0.25, 0.3) is 0 Å². The molecule has 1 heterocycles. The summed E-state index contributed by atoms with van der Waals surface area (Å²) < 4.78 is 29.9. The number of hydrogen-bond donors (Lipinski definition) is 0. The summed E-state index contributed by atoms with van der Waals surface area (Å²) in [5, 5.41) is 1.27. The van der Waals surface area contributed by atoms with E-state index < -0.39 is 7.60 Å². The van der Waals surface area contributed by atoms with E-state index in [4.69, 9.17) is 37.0 Å². The van der Waals surface area contributed by atoms with Crippen LogP contribution in [0.1, 0.15) is 29.8 Å². The number of benzene rings is 3. The number of carbonyl (C=O) groups excluding carboxylic acids is 1. The molecule has 0 saturated carbocycles. The number of ketones is 1. The molecule has 3 aromatic rings. The topological polar surface area (TPSA) is 61.8 Å². The number of hydrogen-bond acceptors (Lipinski definition) is 5. The SMILES string of the molecule is CC1(C)COP(=O)(c2ccc(Oc3ccc(C(=O)c4cc(Cl)ccc4Cl)cc3)cc2)OC1. The van der Waals surface area contributed by atoms with Gasteiger partial charge in [0.15, 0.2) is 5.78 Å². The lowest BCUT2D eigenvalue weighted by molar-refractivity contribution is 0.0463. The van der Waals surface area contributed by atoms with Gasteiger partial charge in [0.1, 0.15) is 11.5 Å². The zero-order valence-electron chi connectivity index (χ0n) is 17.5. The van der Waals surface area contributed by atoms with Crippen LogP contribution in [-0.4, -0.2) is 19.0 Å². The molecule has 0 N–H and O–H groups in total. The summed E-state index contributed by atoms with van der Waals surface area (Å²) in [7, 11) is -3.32. The van der Waals surface area contributed by atoms with E-state index in [2.05, 4.69) is 0 Å². The highest BCUT2D eigenvalue weighted by Crippen LogP contribution is 2.52. The van der Waals surface area contributed by atoms with Crippen molar-refractivity contribution in [2.24, 2.45) is 5.41 Å². The van der Waals surface area contributed by atoms with Crippen molar-refractivity contribution in [3.8, 4) is 11.5 Å². The highest BCUT2D eigenvalue weighted by atomic mass is 35.5. The Morgan fingerprint density at radius 3 is 2.06 bits per heavy atom. The smallest absolute Gasteiger partial charge is 0.361 e. The van der Waals surface area contributed by atoms with Gasteiger partial charge in [-0.05, 0) is 66.7 Å². The molecule has 0 atom stereocenters. The molecule has 0 spiro atoms. The normalized spacial score (nSPS) is 17.0. The molecule has 1 aliphatic heterocycles. The van der Waals surface area contributed by atoms with Crippen molar-refractivity contribution in [3.05, 3.63) is 87.9 Å². The first kappa shape index (κ1) is 23.0. The second kappa shape index (κ2) is 9.01. The van der Waals surface area contributed by atoms with Gasteiger partial charge in [-0.3, -0.25) is 9.36 Å². The van der Waals surface area contributed by atoms with Crippen LogP contribution in [0.5, 0.6) is 11.5 Å². The molecule has 0 aromatic heterocycles. The largest absolute Gasteiger partial charge is 0.457 e.